The summed E-state index contributed by atoms with van der Waals surface area (Å²) in [6.07, 6.45) is 7.98. The van der Waals surface area contributed by atoms with Gasteiger partial charge >= 0.3 is 0 Å². The molecule has 0 spiro atoms. The van der Waals surface area contributed by atoms with Crippen molar-refractivity contribution in [3.05, 3.63) is 30.1 Å². The Bertz CT molecular complexity index is 417. The number of aromatic nitrogens is 1. The van der Waals surface area contributed by atoms with Gasteiger partial charge in [0.2, 0.25) is 5.91 Å². The fourth-order valence-electron chi connectivity index (χ4n) is 2.94. The third-order valence-corrected chi connectivity index (χ3v) is 5.01. The zero-order valence-corrected chi connectivity index (χ0v) is 11.2. The highest BCUT2D eigenvalue weighted by Crippen LogP contribution is 2.41. The van der Waals surface area contributed by atoms with Crippen LogP contribution in [0.4, 0.5) is 0 Å². The molecular formula is C14H18N2OS. The number of nitrogens with zero attached hydrogens (tertiary/aromatic N) is 2. The highest BCUT2D eigenvalue weighted by atomic mass is 32.2. The normalized spacial score (nSPS) is 25.7. The molecule has 1 atom stereocenters. The zero-order valence-electron chi connectivity index (χ0n) is 10.4. The van der Waals surface area contributed by atoms with Gasteiger partial charge in [-0.25, -0.2) is 0 Å². The third-order valence-electron chi connectivity index (χ3n) is 3.81. The van der Waals surface area contributed by atoms with E-state index in [1.54, 1.807) is 11.8 Å². The molecule has 1 aromatic rings. The number of hydrogen-bond acceptors (Lipinski definition) is 3. The molecule has 3 nitrogen and oxygen atoms in total. The monoisotopic (exact) mass is 262 g/mol. The van der Waals surface area contributed by atoms with Crippen molar-refractivity contribution in [1.82, 2.24) is 9.88 Å². The Labute approximate surface area is 112 Å². The molecule has 2 aliphatic rings. The Morgan fingerprint density at radius 3 is 2.78 bits per heavy atom. The smallest absolute Gasteiger partial charge is 0.234 e. The van der Waals surface area contributed by atoms with Crippen LogP contribution in [0.2, 0.25) is 0 Å². The lowest BCUT2D eigenvalue weighted by Gasteiger charge is -2.34. The lowest BCUT2D eigenvalue weighted by molar-refractivity contribution is -0.131. The van der Waals surface area contributed by atoms with Crippen molar-refractivity contribution in [2.24, 2.45) is 0 Å². The molecule has 1 aliphatic heterocycles. The average molecular weight is 262 g/mol. The molecule has 0 bridgehead atoms. The minimum absolute atomic E-state index is 0.141. The van der Waals surface area contributed by atoms with E-state index in [2.05, 4.69) is 9.88 Å². The van der Waals surface area contributed by atoms with Crippen molar-refractivity contribution < 1.29 is 4.79 Å². The average Bonchev–Trinajstić information content (AvgIpc) is 2.83. The zero-order chi connectivity index (χ0) is 12.4. The van der Waals surface area contributed by atoms with Gasteiger partial charge in [0.25, 0.3) is 0 Å². The van der Waals surface area contributed by atoms with Crippen LogP contribution in [0, 0.1) is 0 Å². The van der Waals surface area contributed by atoms with Crippen LogP contribution in [0.3, 0.4) is 0 Å². The molecule has 96 valence electrons. The molecule has 3 rings (SSSR count). The van der Waals surface area contributed by atoms with E-state index in [0.29, 0.717) is 17.7 Å². The molecule has 0 radical (unpaired) electrons. The maximum atomic E-state index is 12.1. The van der Waals surface area contributed by atoms with Gasteiger partial charge < -0.3 is 4.90 Å². The molecule has 1 aliphatic carbocycles. The number of thioether (sulfide) groups is 1. The lowest BCUT2D eigenvalue weighted by Crippen LogP contribution is -2.39. The molecule has 1 aromatic heterocycles. The maximum Gasteiger partial charge on any atom is 0.234 e. The first-order valence-corrected chi connectivity index (χ1v) is 7.75. The van der Waals surface area contributed by atoms with Crippen molar-refractivity contribution in [2.45, 2.75) is 43.5 Å². The summed E-state index contributed by atoms with van der Waals surface area (Å²) >= 11 is 1.72. The number of carbonyl (C=O) groups is 1. The molecule has 4 heteroatoms. The number of hydrogen-bond donors (Lipinski definition) is 0. The van der Waals surface area contributed by atoms with Gasteiger partial charge in [-0.05, 0) is 25.0 Å². The van der Waals surface area contributed by atoms with Gasteiger partial charge in [-0.15, -0.1) is 11.8 Å². The van der Waals surface area contributed by atoms with E-state index >= 15 is 0 Å². The van der Waals surface area contributed by atoms with Crippen LogP contribution in [-0.4, -0.2) is 27.6 Å². The fourth-order valence-corrected chi connectivity index (χ4v) is 4.15. The van der Waals surface area contributed by atoms with Crippen LogP contribution in [-0.2, 0) is 4.79 Å². The van der Waals surface area contributed by atoms with Gasteiger partial charge in [0.15, 0.2) is 0 Å². The molecule has 2 fully saturated rings. The summed E-state index contributed by atoms with van der Waals surface area (Å²) in [7, 11) is 0. The van der Waals surface area contributed by atoms with Crippen LogP contribution >= 0.6 is 11.8 Å². The van der Waals surface area contributed by atoms with Crippen LogP contribution in [0.25, 0.3) is 0 Å². The predicted molar refractivity (Wildman–Crippen MR) is 73.2 cm³/mol. The fraction of sp³-hybridized carbons (Fsp3) is 0.571. The van der Waals surface area contributed by atoms with E-state index in [1.807, 2.05) is 24.4 Å². The molecule has 0 N–H and O–H groups in total. The quantitative estimate of drug-likeness (QED) is 0.821. The van der Waals surface area contributed by atoms with E-state index in [9.17, 15) is 4.79 Å². The summed E-state index contributed by atoms with van der Waals surface area (Å²) in [6.45, 7) is 0. The van der Waals surface area contributed by atoms with Gasteiger partial charge in [-0.2, -0.15) is 0 Å². The van der Waals surface area contributed by atoms with Crippen molar-refractivity contribution in [1.29, 1.82) is 0 Å². The Balaban J connectivity index is 1.83. The van der Waals surface area contributed by atoms with E-state index in [0.717, 1.165) is 18.5 Å². The van der Waals surface area contributed by atoms with E-state index in [-0.39, 0.29) is 5.37 Å². The maximum absolute atomic E-state index is 12.1. The van der Waals surface area contributed by atoms with Crippen molar-refractivity contribution in [2.75, 3.05) is 5.75 Å². The lowest BCUT2D eigenvalue weighted by atomic mass is 9.94. The number of amides is 1. The van der Waals surface area contributed by atoms with E-state index < -0.39 is 0 Å². The highest BCUT2D eigenvalue weighted by molar-refractivity contribution is 8.00. The van der Waals surface area contributed by atoms with Crippen LogP contribution in [0.15, 0.2) is 24.4 Å². The first-order valence-electron chi connectivity index (χ1n) is 6.70. The molecule has 0 aromatic carbocycles. The van der Waals surface area contributed by atoms with Gasteiger partial charge in [0, 0.05) is 12.2 Å². The minimum Gasteiger partial charge on any atom is -0.321 e. The summed E-state index contributed by atoms with van der Waals surface area (Å²) < 4.78 is 0. The largest absolute Gasteiger partial charge is 0.321 e. The highest BCUT2D eigenvalue weighted by Gasteiger charge is 2.38. The molecular weight excluding hydrogens is 244 g/mol. The van der Waals surface area contributed by atoms with Crippen LogP contribution < -0.4 is 0 Å². The summed E-state index contributed by atoms with van der Waals surface area (Å²) in [5, 5.41) is 0.141. The van der Waals surface area contributed by atoms with Gasteiger partial charge in [0.05, 0.1) is 11.4 Å². The summed E-state index contributed by atoms with van der Waals surface area (Å²) in [6, 6.07) is 6.40. The molecule has 1 saturated carbocycles. The Morgan fingerprint density at radius 1 is 1.22 bits per heavy atom. The topological polar surface area (TPSA) is 33.2 Å². The number of pyridine rings is 1. The standard InChI is InChI=1S/C14H18N2OS/c17-13-10-18-14(12-8-4-5-9-15-12)16(13)11-6-2-1-3-7-11/h4-5,8-9,11,14H,1-3,6-7,10H2/t14-/m0/s1. The second-order valence-electron chi connectivity index (χ2n) is 5.01. The Hall–Kier alpha value is -1.03. The van der Waals surface area contributed by atoms with Gasteiger partial charge in [0.1, 0.15) is 5.37 Å². The van der Waals surface area contributed by atoms with E-state index in [1.165, 1.54) is 19.3 Å². The minimum atomic E-state index is 0.141. The number of carbonyl (C=O) groups excluding carboxylic acids is 1. The first kappa shape index (κ1) is 12.0. The SMILES string of the molecule is O=C1CS[C@@H](c2ccccn2)N1C1CCCCC1. The Kier molecular flexibility index (Phi) is 3.55. The van der Waals surface area contributed by atoms with Gasteiger partial charge in [-0.1, -0.05) is 25.3 Å². The second kappa shape index (κ2) is 5.31. The molecule has 2 heterocycles. The Morgan fingerprint density at radius 2 is 2.06 bits per heavy atom. The van der Waals surface area contributed by atoms with Crippen molar-refractivity contribution in [3.63, 3.8) is 0 Å². The molecule has 1 amide bonds. The molecule has 18 heavy (non-hydrogen) atoms. The van der Waals surface area contributed by atoms with Crippen LogP contribution in [0.5, 0.6) is 0 Å². The van der Waals surface area contributed by atoms with E-state index in [4.69, 9.17) is 0 Å². The number of rotatable bonds is 2. The summed E-state index contributed by atoms with van der Waals surface area (Å²) in [5.74, 6) is 0.903. The van der Waals surface area contributed by atoms with Crippen LogP contribution in [0.1, 0.15) is 43.2 Å². The summed E-state index contributed by atoms with van der Waals surface area (Å²) in [5.41, 5.74) is 1.03. The second-order valence-corrected chi connectivity index (χ2v) is 6.08. The van der Waals surface area contributed by atoms with Crippen molar-refractivity contribution >= 4 is 17.7 Å². The molecule has 1 saturated heterocycles. The predicted octanol–water partition coefficient (Wildman–Crippen LogP) is 2.99. The van der Waals surface area contributed by atoms with Gasteiger partial charge in [-0.3, -0.25) is 9.78 Å². The first-order chi connectivity index (χ1) is 8.86. The van der Waals surface area contributed by atoms with Crippen molar-refractivity contribution in [3.8, 4) is 0 Å². The third kappa shape index (κ3) is 2.26. The summed E-state index contributed by atoms with van der Waals surface area (Å²) in [4.78, 5) is 18.7. The molecule has 0 unspecified atom stereocenters.